The highest BCUT2D eigenvalue weighted by Gasteiger charge is 2.36. The molecule has 0 aliphatic heterocycles. The van der Waals surface area contributed by atoms with E-state index in [0.29, 0.717) is 28.1 Å². The van der Waals surface area contributed by atoms with Gasteiger partial charge in [0, 0.05) is 43.2 Å². The maximum atomic E-state index is 14.8. The summed E-state index contributed by atoms with van der Waals surface area (Å²) in [5, 5.41) is 10.1. The molecule has 5 aromatic rings. The van der Waals surface area contributed by atoms with Crippen LogP contribution in [0.1, 0.15) is 11.3 Å². The Morgan fingerprint density at radius 3 is 2.70 bits per heavy atom. The number of benzene rings is 1. The summed E-state index contributed by atoms with van der Waals surface area (Å²) >= 11 is 0. The van der Waals surface area contributed by atoms with E-state index in [4.69, 9.17) is 0 Å². The number of H-pyrrole nitrogens is 1. The number of rotatable bonds is 5. The van der Waals surface area contributed by atoms with Gasteiger partial charge in [0.15, 0.2) is 11.5 Å². The SMILES string of the molecule is Cn1cc(-c2nc3c(-c4ccc(CNc5cc(C(F)(F)F)on5)c(F)c4)ccnc3[nH]2)cn1. The second-order valence-corrected chi connectivity index (χ2v) is 7.28. The van der Waals surface area contributed by atoms with Gasteiger partial charge in [-0.25, -0.2) is 14.4 Å². The van der Waals surface area contributed by atoms with Crippen molar-refractivity contribution in [2.24, 2.45) is 7.05 Å². The van der Waals surface area contributed by atoms with Crippen molar-refractivity contribution in [3.8, 4) is 22.5 Å². The van der Waals surface area contributed by atoms with Crippen molar-refractivity contribution in [1.29, 1.82) is 0 Å². The van der Waals surface area contributed by atoms with E-state index in [1.807, 2.05) is 6.20 Å². The van der Waals surface area contributed by atoms with Crippen molar-refractivity contribution in [3.63, 3.8) is 0 Å². The zero-order chi connectivity index (χ0) is 23.2. The minimum atomic E-state index is -4.64. The van der Waals surface area contributed by atoms with Gasteiger partial charge in [-0.15, -0.1) is 0 Å². The first kappa shape index (κ1) is 20.7. The zero-order valence-corrected chi connectivity index (χ0v) is 17.0. The van der Waals surface area contributed by atoms with Crippen LogP contribution in [0.3, 0.4) is 0 Å². The van der Waals surface area contributed by atoms with Crippen molar-refractivity contribution < 1.29 is 22.1 Å². The van der Waals surface area contributed by atoms with Crippen molar-refractivity contribution in [3.05, 3.63) is 66.1 Å². The fourth-order valence-electron chi connectivity index (χ4n) is 3.36. The molecule has 8 nitrogen and oxygen atoms in total. The van der Waals surface area contributed by atoms with Crippen LogP contribution in [0.5, 0.6) is 0 Å². The van der Waals surface area contributed by atoms with Gasteiger partial charge in [0.1, 0.15) is 17.2 Å². The molecular weight excluding hydrogens is 442 g/mol. The molecule has 0 saturated heterocycles. The van der Waals surface area contributed by atoms with E-state index >= 15 is 0 Å². The number of nitrogens with zero attached hydrogens (tertiary/aromatic N) is 5. The molecule has 1 aromatic carbocycles. The van der Waals surface area contributed by atoms with Crippen LogP contribution in [0, 0.1) is 5.82 Å². The predicted octanol–water partition coefficient (Wildman–Crippen LogP) is 4.78. The quantitative estimate of drug-likeness (QED) is 0.369. The summed E-state index contributed by atoms with van der Waals surface area (Å²) in [7, 11) is 1.80. The number of halogens is 4. The van der Waals surface area contributed by atoms with E-state index < -0.39 is 17.8 Å². The van der Waals surface area contributed by atoms with Crippen LogP contribution in [0.2, 0.25) is 0 Å². The average Bonchev–Trinajstić information content (AvgIpc) is 3.51. The monoisotopic (exact) mass is 457 g/mol. The maximum absolute atomic E-state index is 14.8. The van der Waals surface area contributed by atoms with E-state index in [1.54, 1.807) is 42.3 Å². The van der Waals surface area contributed by atoms with Gasteiger partial charge in [-0.05, 0) is 17.7 Å². The van der Waals surface area contributed by atoms with Gasteiger partial charge in [-0.1, -0.05) is 17.3 Å². The Morgan fingerprint density at radius 2 is 2.00 bits per heavy atom. The second kappa shape index (κ2) is 7.73. The maximum Gasteiger partial charge on any atom is 0.452 e. The number of alkyl halides is 3. The van der Waals surface area contributed by atoms with E-state index in [9.17, 15) is 17.6 Å². The standard InChI is InChI=1S/C21H15F4N7O/c1-32-10-13(9-28-32)19-29-18-14(4-5-26-20(18)30-19)11-2-3-12(15(22)6-11)8-27-17-7-16(33-31-17)21(23,24)25/h2-7,9-10H,8H2,1H3,(H,27,31)(H,26,29,30). The third-order valence-corrected chi connectivity index (χ3v) is 4.98. The molecule has 0 saturated carbocycles. The topological polar surface area (TPSA) is 97.5 Å². The van der Waals surface area contributed by atoms with Gasteiger partial charge in [-0.2, -0.15) is 18.3 Å². The molecule has 5 rings (SSSR count). The van der Waals surface area contributed by atoms with Gasteiger partial charge in [0.2, 0.25) is 5.76 Å². The smallest absolute Gasteiger partial charge is 0.363 e. The lowest BCUT2D eigenvalue weighted by Gasteiger charge is -2.08. The molecule has 4 heterocycles. The number of imidazole rings is 1. The Bertz CT molecular complexity index is 1450. The molecule has 0 amide bonds. The Morgan fingerprint density at radius 1 is 1.15 bits per heavy atom. The molecule has 0 fully saturated rings. The highest BCUT2D eigenvalue weighted by atomic mass is 19.4. The first-order valence-electron chi connectivity index (χ1n) is 9.68. The molecule has 168 valence electrons. The van der Waals surface area contributed by atoms with Crippen LogP contribution >= 0.6 is 0 Å². The summed E-state index contributed by atoms with van der Waals surface area (Å²) in [6.45, 7) is -0.0741. The lowest BCUT2D eigenvalue weighted by molar-refractivity contribution is -0.155. The molecule has 0 aliphatic carbocycles. The largest absolute Gasteiger partial charge is 0.452 e. The van der Waals surface area contributed by atoms with E-state index in [1.165, 1.54) is 6.07 Å². The number of hydrogen-bond acceptors (Lipinski definition) is 6. The fourth-order valence-corrected chi connectivity index (χ4v) is 3.36. The number of anilines is 1. The molecule has 33 heavy (non-hydrogen) atoms. The van der Waals surface area contributed by atoms with Gasteiger partial charge in [0.25, 0.3) is 0 Å². The summed E-state index contributed by atoms with van der Waals surface area (Å²) in [6.07, 6.45) is 0.439. The summed E-state index contributed by atoms with van der Waals surface area (Å²) in [5.41, 5.74) is 3.41. The Labute approximate surface area is 183 Å². The van der Waals surface area contributed by atoms with Crippen molar-refractivity contribution >= 4 is 17.0 Å². The summed E-state index contributed by atoms with van der Waals surface area (Å²) in [5.74, 6) is -1.31. The van der Waals surface area contributed by atoms with Crippen LogP contribution in [0.15, 0.2) is 53.4 Å². The number of hydrogen-bond donors (Lipinski definition) is 2. The summed E-state index contributed by atoms with van der Waals surface area (Å²) in [6, 6.07) is 7.04. The number of pyridine rings is 1. The number of aromatic amines is 1. The van der Waals surface area contributed by atoms with Crippen molar-refractivity contribution in [2.45, 2.75) is 12.7 Å². The first-order chi connectivity index (χ1) is 15.8. The highest BCUT2D eigenvalue weighted by Crippen LogP contribution is 2.32. The Kier molecular flexibility index (Phi) is 4.84. The minimum absolute atomic E-state index is 0.0741. The highest BCUT2D eigenvalue weighted by molar-refractivity contribution is 5.91. The molecule has 4 aromatic heterocycles. The third kappa shape index (κ3) is 4.02. The van der Waals surface area contributed by atoms with Crippen LogP contribution in [-0.2, 0) is 19.8 Å². The second-order valence-electron chi connectivity index (χ2n) is 7.28. The number of fused-ring (bicyclic) bond motifs is 1. The van der Waals surface area contributed by atoms with Crippen LogP contribution in [0.25, 0.3) is 33.7 Å². The van der Waals surface area contributed by atoms with E-state index in [2.05, 4.69) is 35.0 Å². The fraction of sp³-hybridized carbons (Fsp3) is 0.143. The first-order valence-corrected chi connectivity index (χ1v) is 9.68. The molecule has 2 N–H and O–H groups in total. The molecule has 0 unspecified atom stereocenters. The Hall–Kier alpha value is -4.22. The van der Waals surface area contributed by atoms with Gasteiger partial charge in [-0.3, -0.25) is 4.68 Å². The van der Waals surface area contributed by atoms with E-state index in [0.717, 1.165) is 11.6 Å². The normalized spacial score (nSPS) is 11.9. The van der Waals surface area contributed by atoms with Crippen molar-refractivity contribution in [2.75, 3.05) is 5.32 Å². The van der Waals surface area contributed by atoms with Crippen molar-refractivity contribution in [1.82, 2.24) is 29.9 Å². The van der Waals surface area contributed by atoms with Crippen LogP contribution in [-0.4, -0.2) is 29.9 Å². The lowest BCUT2D eigenvalue weighted by Crippen LogP contribution is -2.03. The predicted molar refractivity (Wildman–Crippen MR) is 110 cm³/mol. The molecule has 0 radical (unpaired) electrons. The molecule has 0 spiro atoms. The zero-order valence-electron chi connectivity index (χ0n) is 17.0. The number of nitrogens with one attached hydrogen (secondary N) is 2. The summed E-state index contributed by atoms with van der Waals surface area (Å²) < 4.78 is 58.5. The van der Waals surface area contributed by atoms with Gasteiger partial charge in [0.05, 0.1) is 11.8 Å². The van der Waals surface area contributed by atoms with Gasteiger partial charge < -0.3 is 14.8 Å². The third-order valence-electron chi connectivity index (χ3n) is 4.98. The molecule has 12 heteroatoms. The number of aryl methyl sites for hydroxylation is 1. The average molecular weight is 457 g/mol. The number of aromatic nitrogens is 6. The molecular formula is C21H15F4N7O. The molecule has 0 aliphatic rings. The molecule has 0 atom stereocenters. The minimum Gasteiger partial charge on any atom is -0.363 e. The lowest BCUT2D eigenvalue weighted by atomic mass is 10.0. The Balaban J connectivity index is 1.40. The van der Waals surface area contributed by atoms with Crippen LogP contribution < -0.4 is 5.32 Å². The van der Waals surface area contributed by atoms with E-state index in [-0.39, 0.29) is 17.9 Å². The summed E-state index contributed by atoms with van der Waals surface area (Å²) in [4.78, 5) is 12.0. The molecule has 0 bridgehead atoms. The van der Waals surface area contributed by atoms with Crippen LogP contribution in [0.4, 0.5) is 23.4 Å². The van der Waals surface area contributed by atoms with Gasteiger partial charge >= 0.3 is 6.18 Å².